The van der Waals surface area contributed by atoms with Crippen LogP contribution in [0.25, 0.3) is 0 Å². The Bertz CT molecular complexity index is 791. The molecule has 0 aliphatic carbocycles. The molecule has 0 aromatic heterocycles. The minimum absolute atomic E-state index is 0.207. The number of hydrogen-bond acceptors (Lipinski definition) is 4. The van der Waals surface area contributed by atoms with Crippen molar-refractivity contribution in [1.82, 2.24) is 5.32 Å². The number of ether oxygens (including phenoxy) is 1. The van der Waals surface area contributed by atoms with E-state index in [0.29, 0.717) is 17.5 Å². The van der Waals surface area contributed by atoms with Gasteiger partial charge in [0.2, 0.25) is 0 Å². The molecule has 130 valence electrons. The maximum Gasteiger partial charge on any atom is 0.337 e. The van der Waals surface area contributed by atoms with Gasteiger partial charge in [0.25, 0.3) is 0 Å². The van der Waals surface area contributed by atoms with Crippen molar-refractivity contribution in [3.05, 3.63) is 64.2 Å². The smallest absolute Gasteiger partial charge is 0.337 e. The van der Waals surface area contributed by atoms with E-state index in [4.69, 9.17) is 16.3 Å². The Labute approximate surface area is 152 Å². The van der Waals surface area contributed by atoms with Gasteiger partial charge in [-0.3, -0.25) is 0 Å². The van der Waals surface area contributed by atoms with Gasteiger partial charge in [-0.05, 0) is 60.8 Å². The van der Waals surface area contributed by atoms with Gasteiger partial charge in [-0.25, -0.2) is 4.79 Å². The van der Waals surface area contributed by atoms with Gasteiger partial charge in [0, 0.05) is 22.7 Å². The number of fused-ring (bicyclic) bond motifs is 3. The number of carbonyl (C=O) groups is 1. The molecule has 0 saturated carbocycles. The summed E-state index contributed by atoms with van der Waals surface area (Å²) < 4.78 is 4.79. The molecule has 0 spiro atoms. The number of esters is 1. The Morgan fingerprint density at radius 1 is 1.16 bits per heavy atom. The summed E-state index contributed by atoms with van der Waals surface area (Å²) in [6.07, 6.45) is 2.32. The van der Waals surface area contributed by atoms with Crippen LogP contribution >= 0.6 is 11.6 Å². The van der Waals surface area contributed by atoms with Crippen molar-refractivity contribution in [3.8, 4) is 0 Å². The van der Waals surface area contributed by atoms with E-state index in [2.05, 4.69) is 22.8 Å². The zero-order valence-corrected chi connectivity index (χ0v) is 14.8. The van der Waals surface area contributed by atoms with E-state index in [1.54, 1.807) is 0 Å². The highest BCUT2D eigenvalue weighted by Gasteiger charge is 2.38. The van der Waals surface area contributed by atoms with Crippen LogP contribution in [-0.4, -0.2) is 19.6 Å². The summed E-state index contributed by atoms with van der Waals surface area (Å²) in [7, 11) is 1.40. The Hall–Kier alpha value is -2.04. The zero-order valence-electron chi connectivity index (χ0n) is 14.1. The maximum atomic E-state index is 11.7. The van der Waals surface area contributed by atoms with E-state index >= 15 is 0 Å². The van der Waals surface area contributed by atoms with Crippen molar-refractivity contribution >= 4 is 23.3 Å². The minimum atomic E-state index is -0.305. The van der Waals surface area contributed by atoms with Crippen LogP contribution in [0.2, 0.25) is 5.02 Å². The quantitative estimate of drug-likeness (QED) is 0.786. The Balaban J connectivity index is 1.69. The highest BCUT2D eigenvalue weighted by atomic mass is 35.5. The monoisotopic (exact) mass is 356 g/mol. The van der Waals surface area contributed by atoms with Gasteiger partial charge in [0.15, 0.2) is 0 Å². The molecule has 2 aromatic rings. The number of halogens is 1. The molecular formula is C20H21ClN2O2. The first-order valence-corrected chi connectivity index (χ1v) is 9.03. The van der Waals surface area contributed by atoms with Crippen molar-refractivity contribution < 1.29 is 9.53 Å². The van der Waals surface area contributed by atoms with Gasteiger partial charge in [-0.1, -0.05) is 23.7 Å². The third-order valence-corrected chi connectivity index (χ3v) is 5.52. The largest absolute Gasteiger partial charge is 0.465 e. The molecule has 2 aliphatic rings. The average Bonchev–Trinajstić information content (AvgIpc) is 2.67. The second-order valence-corrected chi connectivity index (χ2v) is 7.14. The van der Waals surface area contributed by atoms with E-state index in [9.17, 15) is 4.79 Å². The second-order valence-electron chi connectivity index (χ2n) is 6.71. The van der Waals surface area contributed by atoms with Crippen LogP contribution in [0, 0.1) is 5.92 Å². The molecule has 0 amide bonds. The third kappa shape index (κ3) is 3.00. The van der Waals surface area contributed by atoms with Crippen LogP contribution in [0.1, 0.15) is 46.4 Å². The topological polar surface area (TPSA) is 50.4 Å². The molecule has 2 N–H and O–H groups in total. The number of benzene rings is 2. The average molecular weight is 357 g/mol. The summed E-state index contributed by atoms with van der Waals surface area (Å²) >= 11 is 6.22. The van der Waals surface area contributed by atoms with Crippen molar-refractivity contribution in [2.75, 3.05) is 19.0 Å². The molecule has 5 heteroatoms. The van der Waals surface area contributed by atoms with E-state index in [1.807, 2.05) is 30.3 Å². The summed E-state index contributed by atoms with van der Waals surface area (Å²) in [6.45, 7) is 1.03. The fraction of sp³-hybridized carbons (Fsp3) is 0.350. The van der Waals surface area contributed by atoms with Gasteiger partial charge in [0.1, 0.15) is 0 Å². The number of piperidine rings is 1. The van der Waals surface area contributed by atoms with E-state index in [-0.39, 0.29) is 12.0 Å². The first-order chi connectivity index (χ1) is 12.2. The molecule has 2 aromatic carbocycles. The van der Waals surface area contributed by atoms with Crippen molar-refractivity contribution in [3.63, 3.8) is 0 Å². The number of anilines is 1. The molecule has 1 saturated heterocycles. The van der Waals surface area contributed by atoms with E-state index < -0.39 is 0 Å². The number of methoxy groups -OCH3 is 1. The predicted octanol–water partition coefficient (Wildman–Crippen LogP) is 4.33. The molecule has 2 heterocycles. The number of rotatable bonds is 2. The molecule has 1 fully saturated rings. The van der Waals surface area contributed by atoms with Crippen molar-refractivity contribution in [1.29, 1.82) is 0 Å². The normalized spacial score (nSPS) is 24.6. The highest BCUT2D eigenvalue weighted by Crippen LogP contribution is 2.47. The first-order valence-electron chi connectivity index (χ1n) is 8.65. The Morgan fingerprint density at radius 3 is 2.72 bits per heavy atom. The lowest BCUT2D eigenvalue weighted by atomic mass is 9.75. The lowest BCUT2D eigenvalue weighted by Gasteiger charge is -2.44. The van der Waals surface area contributed by atoms with Crippen LogP contribution in [0.15, 0.2) is 42.5 Å². The molecule has 3 atom stereocenters. The van der Waals surface area contributed by atoms with Crippen LogP contribution in [-0.2, 0) is 4.74 Å². The van der Waals surface area contributed by atoms with Crippen LogP contribution < -0.4 is 10.6 Å². The molecule has 0 bridgehead atoms. The SMILES string of the molecule is COC(=O)c1ccc([C@H]2Nc3ccc(Cl)cc3[C@@H]3NCCC[C@H]23)cc1. The summed E-state index contributed by atoms with van der Waals surface area (Å²) in [5.41, 5.74) is 4.14. The minimum Gasteiger partial charge on any atom is -0.465 e. The third-order valence-electron chi connectivity index (χ3n) is 5.29. The molecule has 0 unspecified atom stereocenters. The summed E-state index contributed by atoms with van der Waals surface area (Å²) in [5.74, 6) is 0.143. The molecule has 0 radical (unpaired) electrons. The van der Waals surface area contributed by atoms with Gasteiger partial charge >= 0.3 is 5.97 Å². The van der Waals surface area contributed by atoms with Crippen LogP contribution in [0.5, 0.6) is 0 Å². The Kier molecular flexibility index (Phi) is 4.40. The fourth-order valence-electron chi connectivity index (χ4n) is 4.08. The molecule has 4 rings (SSSR count). The standard InChI is InChI=1S/C20H21ClN2O2/c1-25-20(24)13-6-4-12(5-7-13)18-15-3-2-10-22-19(15)16-11-14(21)8-9-17(16)23-18/h4-9,11,15,18-19,22-23H,2-3,10H2,1H3/t15-,18-,19-/m1/s1. The Morgan fingerprint density at radius 2 is 1.96 bits per heavy atom. The van der Waals surface area contributed by atoms with Gasteiger partial charge in [-0.2, -0.15) is 0 Å². The highest BCUT2D eigenvalue weighted by molar-refractivity contribution is 6.30. The molecular weight excluding hydrogens is 336 g/mol. The lowest BCUT2D eigenvalue weighted by Crippen LogP contribution is -2.42. The van der Waals surface area contributed by atoms with Crippen LogP contribution in [0.4, 0.5) is 5.69 Å². The number of carbonyl (C=O) groups excluding carboxylic acids is 1. The maximum absolute atomic E-state index is 11.7. The van der Waals surface area contributed by atoms with Gasteiger partial charge in [-0.15, -0.1) is 0 Å². The van der Waals surface area contributed by atoms with Crippen molar-refractivity contribution in [2.24, 2.45) is 5.92 Å². The summed E-state index contributed by atoms with van der Waals surface area (Å²) in [4.78, 5) is 11.7. The predicted molar refractivity (Wildman–Crippen MR) is 99.1 cm³/mol. The molecule has 2 aliphatic heterocycles. The molecule has 4 nitrogen and oxygen atoms in total. The van der Waals surface area contributed by atoms with Gasteiger partial charge < -0.3 is 15.4 Å². The van der Waals surface area contributed by atoms with Crippen LogP contribution in [0.3, 0.4) is 0 Å². The second kappa shape index (κ2) is 6.70. The fourth-order valence-corrected chi connectivity index (χ4v) is 4.27. The van der Waals surface area contributed by atoms with E-state index in [0.717, 1.165) is 30.1 Å². The first kappa shape index (κ1) is 16.4. The summed E-state index contributed by atoms with van der Waals surface area (Å²) in [5, 5.41) is 8.13. The van der Waals surface area contributed by atoms with E-state index in [1.165, 1.54) is 18.2 Å². The van der Waals surface area contributed by atoms with Gasteiger partial charge in [0.05, 0.1) is 18.7 Å². The molecule has 25 heavy (non-hydrogen) atoms. The lowest BCUT2D eigenvalue weighted by molar-refractivity contribution is 0.0600. The zero-order chi connectivity index (χ0) is 17.4. The number of nitrogens with one attached hydrogen (secondary N) is 2. The van der Waals surface area contributed by atoms with Crippen molar-refractivity contribution in [2.45, 2.75) is 24.9 Å². The number of hydrogen-bond donors (Lipinski definition) is 2. The summed E-state index contributed by atoms with van der Waals surface area (Å²) in [6, 6.07) is 14.3.